The van der Waals surface area contributed by atoms with Crippen molar-refractivity contribution >= 4 is 28.9 Å². The van der Waals surface area contributed by atoms with Crippen LogP contribution in [0.4, 0.5) is 0 Å². The zero-order valence-corrected chi connectivity index (χ0v) is 13.0. The van der Waals surface area contributed by atoms with Crippen molar-refractivity contribution in [1.29, 1.82) is 0 Å². The Morgan fingerprint density at radius 2 is 1.95 bits per heavy atom. The lowest BCUT2D eigenvalue weighted by molar-refractivity contribution is 0.959. The highest BCUT2D eigenvalue weighted by Crippen LogP contribution is 2.47. The van der Waals surface area contributed by atoms with E-state index in [1.807, 2.05) is 11.8 Å². The molecule has 0 saturated carbocycles. The molecule has 2 heteroatoms. The number of hydrogen-bond donors (Lipinski definition) is 0. The molecule has 100 valence electrons. The molecular weight excluding hydrogens is 272 g/mol. The van der Waals surface area contributed by atoms with Crippen LogP contribution in [0.3, 0.4) is 0 Å². The first-order valence-corrected chi connectivity index (χ1v) is 8.07. The van der Waals surface area contributed by atoms with Gasteiger partial charge in [0.1, 0.15) is 0 Å². The van der Waals surface area contributed by atoms with Gasteiger partial charge in [0.25, 0.3) is 0 Å². The van der Waals surface area contributed by atoms with Gasteiger partial charge in [0.2, 0.25) is 0 Å². The van der Waals surface area contributed by atoms with Crippen LogP contribution in [0.5, 0.6) is 0 Å². The van der Waals surface area contributed by atoms with Crippen molar-refractivity contribution in [2.24, 2.45) is 0 Å². The minimum absolute atomic E-state index is 0.554. The summed E-state index contributed by atoms with van der Waals surface area (Å²) in [6, 6.07) is 8.62. The van der Waals surface area contributed by atoms with E-state index in [1.54, 1.807) is 0 Å². The zero-order chi connectivity index (χ0) is 13.7. The quantitative estimate of drug-likeness (QED) is 0.611. The first-order valence-electron chi connectivity index (χ1n) is 6.72. The summed E-state index contributed by atoms with van der Waals surface area (Å²) in [5.74, 6) is 0.554. The molecule has 0 aromatic heterocycles. The maximum absolute atomic E-state index is 5.94. The highest BCUT2D eigenvalue weighted by Gasteiger charge is 2.21. The summed E-state index contributed by atoms with van der Waals surface area (Å²) in [5, 5.41) is 0. The van der Waals surface area contributed by atoms with Crippen LogP contribution in [0.1, 0.15) is 32.3 Å². The highest BCUT2D eigenvalue weighted by molar-refractivity contribution is 8.03. The third kappa shape index (κ3) is 3.16. The third-order valence-corrected chi connectivity index (χ3v) is 4.54. The van der Waals surface area contributed by atoms with Crippen molar-refractivity contribution in [2.45, 2.75) is 31.6 Å². The van der Waals surface area contributed by atoms with Gasteiger partial charge < -0.3 is 0 Å². The lowest BCUT2D eigenvalue weighted by atomic mass is 9.95. The summed E-state index contributed by atoms with van der Waals surface area (Å²) in [6.45, 7) is 4.30. The van der Waals surface area contributed by atoms with Crippen LogP contribution in [0.15, 0.2) is 57.9 Å². The summed E-state index contributed by atoms with van der Waals surface area (Å²) >= 11 is 7.78. The molecule has 0 saturated heterocycles. The molecule has 0 atom stereocenters. The van der Waals surface area contributed by atoms with Crippen LogP contribution in [-0.4, -0.2) is 5.88 Å². The Hall–Kier alpha value is -0.920. The van der Waals surface area contributed by atoms with Crippen molar-refractivity contribution in [3.8, 4) is 0 Å². The molecule has 1 aromatic rings. The van der Waals surface area contributed by atoms with Crippen LogP contribution in [0.25, 0.3) is 5.57 Å². The number of allylic oxidation sites excluding steroid dienone is 5. The maximum Gasteiger partial charge on any atom is 0.0413 e. The molecule has 0 N–H and O–H groups in total. The van der Waals surface area contributed by atoms with Crippen molar-refractivity contribution in [1.82, 2.24) is 0 Å². The van der Waals surface area contributed by atoms with Gasteiger partial charge in [0.15, 0.2) is 0 Å². The average Bonchev–Trinajstić information content (AvgIpc) is 2.45. The first kappa shape index (κ1) is 14.5. The molecule has 2 rings (SSSR count). The molecule has 1 aliphatic heterocycles. The molecule has 0 aliphatic carbocycles. The SMILES string of the molecule is CC=C1Sc2ccccc2C(=C\CCC)/C1=C/CCl. The molecule has 0 spiro atoms. The van der Waals surface area contributed by atoms with Gasteiger partial charge in [-0.3, -0.25) is 0 Å². The predicted molar refractivity (Wildman–Crippen MR) is 87.7 cm³/mol. The minimum Gasteiger partial charge on any atom is -0.122 e. The van der Waals surface area contributed by atoms with Crippen molar-refractivity contribution in [3.63, 3.8) is 0 Å². The molecule has 0 radical (unpaired) electrons. The molecular formula is C17H19ClS. The van der Waals surface area contributed by atoms with Crippen molar-refractivity contribution < 1.29 is 0 Å². The Kier molecular flexibility index (Phi) is 5.35. The van der Waals surface area contributed by atoms with Crippen LogP contribution < -0.4 is 0 Å². The molecule has 0 bridgehead atoms. The summed E-state index contributed by atoms with van der Waals surface area (Å²) in [4.78, 5) is 2.64. The van der Waals surface area contributed by atoms with Gasteiger partial charge in [0, 0.05) is 15.7 Å². The lowest BCUT2D eigenvalue weighted by Crippen LogP contribution is -2.01. The lowest BCUT2D eigenvalue weighted by Gasteiger charge is -2.24. The Bertz CT molecular complexity index is 538. The van der Waals surface area contributed by atoms with E-state index in [4.69, 9.17) is 11.6 Å². The molecule has 0 nitrogen and oxygen atoms in total. The van der Waals surface area contributed by atoms with Crippen molar-refractivity contribution in [2.75, 3.05) is 5.88 Å². The Morgan fingerprint density at radius 3 is 2.63 bits per heavy atom. The van der Waals surface area contributed by atoms with E-state index < -0.39 is 0 Å². The number of rotatable bonds is 3. The van der Waals surface area contributed by atoms with E-state index in [0.29, 0.717) is 5.88 Å². The second-order valence-corrected chi connectivity index (χ2v) is 5.82. The first-order chi connectivity index (χ1) is 9.31. The van der Waals surface area contributed by atoms with Crippen LogP contribution in [-0.2, 0) is 0 Å². The van der Waals surface area contributed by atoms with Crippen LogP contribution >= 0.6 is 23.4 Å². The third-order valence-electron chi connectivity index (χ3n) is 3.13. The number of benzene rings is 1. The fourth-order valence-electron chi connectivity index (χ4n) is 2.24. The molecule has 0 amide bonds. The van der Waals surface area contributed by atoms with Gasteiger partial charge in [-0.05, 0) is 36.1 Å². The molecule has 19 heavy (non-hydrogen) atoms. The van der Waals surface area contributed by atoms with E-state index in [0.717, 1.165) is 12.8 Å². The van der Waals surface area contributed by atoms with Gasteiger partial charge in [-0.15, -0.1) is 11.6 Å². The van der Waals surface area contributed by atoms with E-state index in [2.05, 4.69) is 56.3 Å². The number of fused-ring (bicyclic) bond motifs is 1. The van der Waals surface area contributed by atoms with E-state index >= 15 is 0 Å². The smallest absolute Gasteiger partial charge is 0.0413 e. The molecule has 1 aliphatic rings. The second kappa shape index (κ2) is 7.02. The fraction of sp³-hybridized carbons (Fsp3) is 0.294. The van der Waals surface area contributed by atoms with Crippen LogP contribution in [0, 0.1) is 0 Å². The van der Waals surface area contributed by atoms with E-state index in [9.17, 15) is 0 Å². The Morgan fingerprint density at radius 1 is 1.16 bits per heavy atom. The standard InChI is InChI=1S/C17H19ClS/c1-3-5-8-13-14-9-6-7-10-17(14)19-16(4-2)15(13)11-12-18/h4,6-11H,3,5,12H2,1-2H3/b13-8+,15-11-,16-4?. The summed E-state index contributed by atoms with van der Waals surface area (Å²) in [7, 11) is 0. The minimum atomic E-state index is 0.554. The monoisotopic (exact) mass is 290 g/mol. The second-order valence-electron chi connectivity index (χ2n) is 4.43. The normalized spacial score (nSPS) is 21.1. The van der Waals surface area contributed by atoms with Crippen molar-refractivity contribution in [3.05, 3.63) is 58.5 Å². The molecule has 1 heterocycles. The van der Waals surface area contributed by atoms with Gasteiger partial charge >= 0.3 is 0 Å². The van der Waals surface area contributed by atoms with Gasteiger partial charge in [-0.1, -0.05) is 61.5 Å². The van der Waals surface area contributed by atoms with E-state index in [-0.39, 0.29) is 0 Å². The van der Waals surface area contributed by atoms with Gasteiger partial charge in [0.05, 0.1) is 0 Å². The number of alkyl halides is 1. The number of unbranched alkanes of at least 4 members (excludes halogenated alkanes) is 1. The Balaban J connectivity index is 2.58. The predicted octanol–water partition coefficient (Wildman–Crippen LogP) is 6.04. The average molecular weight is 291 g/mol. The Labute approximate surface area is 125 Å². The molecule has 0 fully saturated rings. The highest BCUT2D eigenvalue weighted by atomic mass is 35.5. The summed E-state index contributed by atoms with van der Waals surface area (Å²) in [5.41, 5.74) is 3.96. The van der Waals surface area contributed by atoms with E-state index in [1.165, 1.54) is 26.5 Å². The largest absolute Gasteiger partial charge is 0.122 e. The fourth-order valence-corrected chi connectivity index (χ4v) is 3.49. The maximum atomic E-state index is 5.94. The topological polar surface area (TPSA) is 0 Å². The summed E-state index contributed by atoms with van der Waals surface area (Å²) < 4.78 is 0. The van der Waals surface area contributed by atoms with Gasteiger partial charge in [-0.25, -0.2) is 0 Å². The number of halogens is 1. The zero-order valence-electron chi connectivity index (χ0n) is 11.4. The number of hydrogen-bond acceptors (Lipinski definition) is 1. The molecule has 0 unspecified atom stereocenters. The van der Waals surface area contributed by atoms with Crippen LogP contribution in [0.2, 0.25) is 0 Å². The summed E-state index contributed by atoms with van der Waals surface area (Å²) in [6.07, 6.45) is 8.92. The van der Waals surface area contributed by atoms with Gasteiger partial charge in [-0.2, -0.15) is 0 Å². The number of thioether (sulfide) groups is 1. The molecule has 1 aromatic carbocycles.